The van der Waals surface area contributed by atoms with Crippen molar-refractivity contribution < 1.29 is 27.8 Å². The molecule has 0 unspecified atom stereocenters. The lowest BCUT2D eigenvalue weighted by atomic mass is 10.1. The molecular formula is C22H18F3NO3. The number of aliphatic carboxylic acids is 1. The van der Waals surface area contributed by atoms with Crippen LogP contribution in [0.1, 0.15) is 24.0 Å². The van der Waals surface area contributed by atoms with Crippen molar-refractivity contribution in [2.24, 2.45) is 0 Å². The van der Waals surface area contributed by atoms with E-state index in [1.807, 2.05) is 18.2 Å². The first-order valence-corrected chi connectivity index (χ1v) is 8.92. The number of halogens is 3. The van der Waals surface area contributed by atoms with Gasteiger partial charge >= 0.3 is 12.1 Å². The van der Waals surface area contributed by atoms with Crippen LogP contribution in [0.3, 0.4) is 0 Å². The molecule has 2 aromatic carbocycles. The van der Waals surface area contributed by atoms with Gasteiger partial charge in [-0.05, 0) is 54.3 Å². The molecule has 0 aliphatic carbocycles. The van der Waals surface area contributed by atoms with Gasteiger partial charge in [-0.25, -0.2) is 0 Å². The first kappa shape index (κ1) is 20.3. The monoisotopic (exact) mass is 401 g/mol. The highest BCUT2D eigenvalue weighted by Crippen LogP contribution is 2.29. The summed E-state index contributed by atoms with van der Waals surface area (Å²) in [6.45, 7) is 0.305. The van der Waals surface area contributed by atoms with Gasteiger partial charge in [0, 0.05) is 24.2 Å². The molecular weight excluding hydrogens is 383 g/mol. The van der Waals surface area contributed by atoms with Gasteiger partial charge < -0.3 is 14.4 Å². The van der Waals surface area contributed by atoms with Crippen molar-refractivity contribution in [3.8, 4) is 17.6 Å². The molecule has 1 heterocycles. The van der Waals surface area contributed by atoms with E-state index in [2.05, 4.69) is 11.8 Å². The van der Waals surface area contributed by atoms with Crippen molar-refractivity contribution in [2.45, 2.75) is 25.6 Å². The Morgan fingerprint density at radius 1 is 1.10 bits per heavy atom. The number of carboxylic acids is 1. The molecule has 1 N–H and O–H groups in total. The van der Waals surface area contributed by atoms with Crippen molar-refractivity contribution in [3.05, 3.63) is 65.9 Å². The number of nitrogens with zero attached hydrogens (tertiary/aromatic N) is 1. The van der Waals surface area contributed by atoms with Gasteiger partial charge in [-0.2, -0.15) is 13.2 Å². The van der Waals surface area contributed by atoms with Crippen LogP contribution < -0.4 is 4.74 Å². The van der Waals surface area contributed by atoms with E-state index in [9.17, 15) is 18.0 Å². The summed E-state index contributed by atoms with van der Waals surface area (Å²) in [6, 6.07) is 12.1. The molecule has 1 aromatic heterocycles. The Balaban J connectivity index is 1.50. The van der Waals surface area contributed by atoms with E-state index in [4.69, 9.17) is 9.84 Å². The number of benzene rings is 2. The molecule has 150 valence electrons. The van der Waals surface area contributed by atoms with E-state index in [1.165, 1.54) is 12.1 Å². The van der Waals surface area contributed by atoms with Gasteiger partial charge in [-0.15, -0.1) is 0 Å². The summed E-state index contributed by atoms with van der Waals surface area (Å²) in [4.78, 5) is 10.9. The van der Waals surface area contributed by atoms with Gasteiger partial charge in [0.15, 0.2) is 0 Å². The Hall–Kier alpha value is -3.40. The van der Waals surface area contributed by atoms with Gasteiger partial charge in [-0.1, -0.05) is 11.8 Å². The third-order valence-electron chi connectivity index (χ3n) is 4.21. The molecule has 0 aliphatic heterocycles. The van der Waals surface area contributed by atoms with Crippen LogP contribution in [0.2, 0.25) is 0 Å². The summed E-state index contributed by atoms with van der Waals surface area (Å²) >= 11 is 0. The Morgan fingerprint density at radius 2 is 1.86 bits per heavy atom. The van der Waals surface area contributed by atoms with Crippen molar-refractivity contribution in [2.75, 3.05) is 6.61 Å². The second-order valence-corrected chi connectivity index (χ2v) is 6.39. The molecule has 0 atom stereocenters. The summed E-state index contributed by atoms with van der Waals surface area (Å²) in [6.07, 6.45) is -1.43. The number of hydrogen-bond acceptors (Lipinski definition) is 2. The maximum absolute atomic E-state index is 12.5. The molecule has 0 bridgehead atoms. The Kier molecular flexibility index (Phi) is 6.13. The van der Waals surface area contributed by atoms with Gasteiger partial charge in [-0.3, -0.25) is 4.79 Å². The normalized spacial score (nSPS) is 11.1. The van der Waals surface area contributed by atoms with E-state index in [0.717, 1.165) is 23.0 Å². The smallest absolute Gasteiger partial charge is 0.416 e. The van der Waals surface area contributed by atoms with E-state index < -0.39 is 17.7 Å². The quantitative estimate of drug-likeness (QED) is 0.469. The molecule has 4 nitrogen and oxygen atoms in total. The minimum absolute atomic E-state index is 0.119. The second kappa shape index (κ2) is 8.74. The van der Waals surface area contributed by atoms with Crippen LogP contribution in [0.15, 0.2) is 54.7 Å². The minimum atomic E-state index is -4.35. The molecule has 3 rings (SSSR count). The Morgan fingerprint density at radius 3 is 2.55 bits per heavy atom. The lowest BCUT2D eigenvalue weighted by molar-refractivity contribution is -0.138. The van der Waals surface area contributed by atoms with Gasteiger partial charge in [0.2, 0.25) is 0 Å². The van der Waals surface area contributed by atoms with Crippen molar-refractivity contribution in [1.29, 1.82) is 0 Å². The summed E-state index contributed by atoms with van der Waals surface area (Å²) < 4.78 is 44.9. The van der Waals surface area contributed by atoms with Gasteiger partial charge in [0.05, 0.1) is 17.7 Å². The number of hydrogen-bond donors (Lipinski definition) is 1. The van der Waals surface area contributed by atoms with Crippen LogP contribution in [-0.2, 0) is 17.5 Å². The van der Waals surface area contributed by atoms with Crippen LogP contribution in [0.5, 0.6) is 5.75 Å². The maximum atomic E-state index is 12.5. The van der Waals surface area contributed by atoms with E-state index in [1.54, 1.807) is 16.8 Å². The van der Waals surface area contributed by atoms with Crippen LogP contribution in [0.25, 0.3) is 10.9 Å². The molecule has 0 radical (unpaired) electrons. The number of unbranched alkanes of at least 4 members (excludes halogenated alkanes) is 1. The average Bonchev–Trinajstić information content (AvgIpc) is 3.06. The summed E-state index contributed by atoms with van der Waals surface area (Å²) in [5, 5.41) is 9.89. The van der Waals surface area contributed by atoms with Gasteiger partial charge in [0.1, 0.15) is 12.3 Å². The number of fused-ring (bicyclic) bond motifs is 1. The fraction of sp³-hybridized carbons (Fsp3) is 0.227. The summed E-state index contributed by atoms with van der Waals surface area (Å²) in [5.74, 6) is 5.48. The predicted molar refractivity (Wildman–Crippen MR) is 103 cm³/mol. The Bertz CT molecular complexity index is 1060. The van der Waals surface area contributed by atoms with Crippen molar-refractivity contribution in [1.82, 2.24) is 4.57 Å². The molecule has 0 fully saturated rings. The number of carboxylic acid groups (broad SMARTS) is 1. The third-order valence-corrected chi connectivity index (χ3v) is 4.21. The van der Waals surface area contributed by atoms with Crippen LogP contribution in [0, 0.1) is 11.8 Å². The zero-order valence-electron chi connectivity index (χ0n) is 15.4. The number of ether oxygens (including phenoxy) is 1. The molecule has 7 heteroatoms. The highest BCUT2D eigenvalue weighted by Gasteiger charge is 2.29. The summed E-state index contributed by atoms with van der Waals surface area (Å²) in [7, 11) is 0. The van der Waals surface area contributed by atoms with E-state index >= 15 is 0 Å². The SMILES string of the molecule is O=C(O)Cn1ccc2ccc(OCCCC#Cc3ccc(C(F)(F)F)cc3)cc21. The van der Waals surface area contributed by atoms with E-state index in [-0.39, 0.29) is 6.54 Å². The number of aromatic nitrogens is 1. The zero-order chi connectivity index (χ0) is 20.9. The number of alkyl halides is 3. The Labute approximate surface area is 165 Å². The first-order valence-electron chi connectivity index (χ1n) is 8.92. The fourth-order valence-electron chi connectivity index (χ4n) is 2.79. The van der Waals surface area contributed by atoms with Gasteiger partial charge in [0.25, 0.3) is 0 Å². The molecule has 0 saturated heterocycles. The molecule has 0 saturated carbocycles. The van der Waals surface area contributed by atoms with Crippen LogP contribution in [0.4, 0.5) is 13.2 Å². The largest absolute Gasteiger partial charge is 0.493 e. The lowest BCUT2D eigenvalue weighted by Crippen LogP contribution is -2.07. The number of carbonyl (C=O) groups is 1. The average molecular weight is 401 g/mol. The molecule has 0 spiro atoms. The highest BCUT2D eigenvalue weighted by atomic mass is 19.4. The molecule has 0 aliphatic rings. The topological polar surface area (TPSA) is 51.5 Å². The first-order chi connectivity index (χ1) is 13.8. The van der Waals surface area contributed by atoms with Crippen molar-refractivity contribution >= 4 is 16.9 Å². The highest BCUT2D eigenvalue weighted by molar-refractivity contribution is 5.83. The second-order valence-electron chi connectivity index (χ2n) is 6.39. The molecule has 29 heavy (non-hydrogen) atoms. The maximum Gasteiger partial charge on any atom is 0.416 e. The third kappa shape index (κ3) is 5.55. The minimum Gasteiger partial charge on any atom is -0.493 e. The lowest BCUT2D eigenvalue weighted by Gasteiger charge is -2.07. The molecule has 0 amide bonds. The fourth-order valence-corrected chi connectivity index (χ4v) is 2.79. The molecule has 3 aromatic rings. The number of rotatable bonds is 6. The van der Waals surface area contributed by atoms with Crippen LogP contribution in [-0.4, -0.2) is 22.2 Å². The zero-order valence-corrected chi connectivity index (χ0v) is 15.4. The predicted octanol–water partition coefficient (Wildman–Crippen LogP) is 4.96. The van der Waals surface area contributed by atoms with E-state index in [0.29, 0.717) is 30.8 Å². The standard InChI is InChI=1S/C22H18F3NO3/c23-22(24,25)18-8-5-16(6-9-18)4-2-1-3-13-29-19-10-7-17-11-12-26(15-21(27)28)20(17)14-19/h5-12,14H,1,3,13,15H2,(H,27,28). The van der Waals surface area contributed by atoms with Crippen LogP contribution >= 0.6 is 0 Å². The summed E-state index contributed by atoms with van der Waals surface area (Å²) in [5.41, 5.74) is 0.624. The van der Waals surface area contributed by atoms with Crippen molar-refractivity contribution in [3.63, 3.8) is 0 Å².